The molecule has 0 nitrogen and oxygen atoms in total. The van der Waals surface area contributed by atoms with Crippen LogP contribution in [0.25, 0.3) is 0 Å². The predicted molar refractivity (Wildman–Crippen MR) is 107 cm³/mol. The van der Waals surface area contributed by atoms with Crippen LogP contribution in [0.3, 0.4) is 0 Å². The number of fused-ring (bicyclic) bond motifs is 1. The molecule has 1 fully saturated rings. The molecule has 2 aromatic rings. The van der Waals surface area contributed by atoms with Crippen molar-refractivity contribution in [2.75, 3.05) is 0 Å². The number of hydrogen-bond acceptors (Lipinski definition) is 0. The monoisotopic (exact) mass is 404 g/mol. The molecule has 0 aromatic heterocycles. The summed E-state index contributed by atoms with van der Waals surface area (Å²) in [4.78, 5) is 0. The predicted octanol–water partition coefficient (Wildman–Crippen LogP) is 7.59. The summed E-state index contributed by atoms with van der Waals surface area (Å²) in [6, 6.07) is 5.43. The molecule has 0 radical (unpaired) electrons. The first kappa shape index (κ1) is 20.4. The van der Waals surface area contributed by atoms with Crippen molar-refractivity contribution in [1.29, 1.82) is 0 Å². The average molecular weight is 404 g/mol. The summed E-state index contributed by atoms with van der Waals surface area (Å²) in [7, 11) is 0. The molecule has 0 saturated heterocycles. The van der Waals surface area contributed by atoms with Crippen LogP contribution in [0, 0.1) is 29.2 Å². The Balaban J connectivity index is 1.53. The van der Waals surface area contributed by atoms with Gasteiger partial charge in [-0.3, -0.25) is 0 Å². The molecular formula is C25H28F4. The molecule has 0 spiro atoms. The maximum atomic E-state index is 15.0. The number of halogens is 4. The molecule has 0 amide bonds. The molecule has 4 heteroatoms. The van der Waals surface area contributed by atoms with Crippen molar-refractivity contribution in [2.24, 2.45) is 5.92 Å². The second-order valence-corrected chi connectivity index (χ2v) is 8.88. The van der Waals surface area contributed by atoms with E-state index >= 15 is 0 Å². The summed E-state index contributed by atoms with van der Waals surface area (Å²) in [6.45, 7) is 2.20. The molecule has 2 aromatic carbocycles. The van der Waals surface area contributed by atoms with Gasteiger partial charge in [-0.25, -0.2) is 17.6 Å². The van der Waals surface area contributed by atoms with Crippen LogP contribution >= 0.6 is 0 Å². The first-order valence-corrected chi connectivity index (χ1v) is 10.9. The fraction of sp³-hybridized carbons (Fsp3) is 0.520. The second-order valence-electron chi connectivity index (χ2n) is 8.88. The second kappa shape index (κ2) is 8.49. The highest BCUT2D eigenvalue weighted by Gasteiger charge is 2.29. The molecule has 0 bridgehead atoms. The Morgan fingerprint density at radius 1 is 0.724 bits per heavy atom. The highest BCUT2D eigenvalue weighted by molar-refractivity contribution is 5.37. The van der Waals surface area contributed by atoms with Crippen LogP contribution in [-0.2, 0) is 12.8 Å². The zero-order chi connectivity index (χ0) is 20.5. The van der Waals surface area contributed by atoms with Crippen LogP contribution in [0.1, 0.15) is 86.0 Å². The molecule has 4 rings (SSSR count). The fourth-order valence-electron chi connectivity index (χ4n) is 5.42. The minimum absolute atomic E-state index is 0.101. The summed E-state index contributed by atoms with van der Waals surface area (Å²) in [5.41, 5.74) is 2.26. The van der Waals surface area contributed by atoms with Gasteiger partial charge >= 0.3 is 0 Å². The van der Waals surface area contributed by atoms with Gasteiger partial charge in [0, 0.05) is 5.56 Å². The minimum atomic E-state index is -0.903. The van der Waals surface area contributed by atoms with E-state index in [4.69, 9.17) is 0 Å². The molecule has 156 valence electrons. The summed E-state index contributed by atoms with van der Waals surface area (Å²) < 4.78 is 57.0. The SMILES string of the molecule is CCCC1CCC(c2cc(F)c(C3CCc4cc(F)c(F)cc4C3)c(F)c2)CC1. The average Bonchev–Trinajstić information content (AvgIpc) is 2.69. The van der Waals surface area contributed by atoms with Gasteiger partial charge in [0.2, 0.25) is 0 Å². The van der Waals surface area contributed by atoms with Crippen molar-refractivity contribution in [2.45, 2.75) is 76.5 Å². The number of benzene rings is 2. The maximum absolute atomic E-state index is 15.0. The molecule has 0 N–H and O–H groups in total. The molecule has 2 aliphatic rings. The van der Waals surface area contributed by atoms with Crippen LogP contribution in [0.5, 0.6) is 0 Å². The summed E-state index contributed by atoms with van der Waals surface area (Å²) >= 11 is 0. The normalized spacial score (nSPS) is 24.4. The summed E-state index contributed by atoms with van der Waals surface area (Å²) in [5, 5.41) is 0. The van der Waals surface area contributed by atoms with Crippen molar-refractivity contribution < 1.29 is 17.6 Å². The number of rotatable bonds is 4. The van der Waals surface area contributed by atoms with Gasteiger partial charge in [-0.15, -0.1) is 0 Å². The summed E-state index contributed by atoms with van der Waals surface area (Å²) in [5.74, 6) is -2.12. The largest absolute Gasteiger partial charge is 0.207 e. The minimum Gasteiger partial charge on any atom is -0.207 e. The Morgan fingerprint density at radius 3 is 1.97 bits per heavy atom. The Morgan fingerprint density at radius 2 is 1.34 bits per heavy atom. The van der Waals surface area contributed by atoms with E-state index in [0.717, 1.165) is 42.7 Å². The molecule has 1 atom stereocenters. The Kier molecular flexibility index (Phi) is 5.98. The van der Waals surface area contributed by atoms with Gasteiger partial charge in [-0.2, -0.15) is 0 Å². The zero-order valence-electron chi connectivity index (χ0n) is 16.9. The van der Waals surface area contributed by atoms with Gasteiger partial charge in [0.1, 0.15) is 11.6 Å². The smallest absolute Gasteiger partial charge is 0.159 e. The zero-order valence-corrected chi connectivity index (χ0v) is 16.9. The standard InChI is InChI=1S/C25H28F4/c1-2-3-15-4-6-16(7-5-15)20-13-23(28)25(24(29)14-20)18-9-8-17-11-21(26)22(27)12-19(17)10-18/h11-16,18H,2-10H2,1H3. The van der Waals surface area contributed by atoms with Crippen LogP contribution in [-0.4, -0.2) is 0 Å². The molecule has 0 aliphatic heterocycles. The van der Waals surface area contributed by atoms with Gasteiger partial charge in [0.15, 0.2) is 11.6 Å². The first-order valence-electron chi connectivity index (χ1n) is 10.9. The Labute approximate surface area is 170 Å². The van der Waals surface area contributed by atoms with Crippen molar-refractivity contribution in [3.05, 3.63) is 69.8 Å². The van der Waals surface area contributed by atoms with Crippen LogP contribution in [0.2, 0.25) is 0 Å². The summed E-state index contributed by atoms with van der Waals surface area (Å²) in [6.07, 6.45) is 8.04. The molecule has 2 aliphatic carbocycles. The Bertz CT molecular complexity index is 858. The Hall–Kier alpha value is -1.84. The van der Waals surface area contributed by atoms with Crippen LogP contribution in [0.15, 0.2) is 24.3 Å². The van der Waals surface area contributed by atoms with Crippen molar-refractivity contribution in [3.8, 4) is 0 Å². The van der Waals surface area contributed by atoms with E-state index in [-0.39, 0.29) is 17.4 Å². The number of aryl methyl sites for hydroxylation is 1. The van der Waals surface area contributed by atoms with Crippen molar-refractivity contribution in [1.82, 2.24) is 0 Å². The van der Waals surface area contributed by atoms with E-state index in [2.05, 4.69) is 6.92 Å². The van der Waals surface area contributed by atoms with E-state index in [0.29, 0.717) is 24.8 Å². The molecule has 29 heavy (non-hydrogen) atoms. The highest BCUT2D eigenvalue weighted by Crippen LogP contribution is 2.41. The molecule has 1 saturated carbocycles. The first-order chi connectivity index (χ1) is 14.0. The lowest BCUT2D eigenvalue weighted by Crippen LogP contribution is -2.18. The van der Waals surface area contributed by atoms with Crippen molar-refractivity contribution in [3.63, 3.8) is 0 Å². The molecule has 1 unspecified atom stereocenters. The molecular weight excluding hydrogens is 376 g/mol. The van der Waals surface area contributed by atoms with Gasteiger partial charge in [-0.05, 0) is 104 Å². The van der Waals surface area contributed by atoms with Crippen LogP contribution < -0.4 is 0 Å². The van der Waals surface area contributed by atoms with E-state index < -0.39 is 23.3 Å². The third-order valence-electron chi connectivity index (χ3n) is 7.00. The number of hydrogen-bond donors (Lipinski definition) is 0. The lowest BCUT2D eigenvalue weighted by molar-refractivity contribution is 0.307. The van der Waals surface area contributed by atoms with Crippen molar-refractivity contribution >= 4 is 0 Å². The van der Waals surface area contributed by atoms with Gasteiger partial charge in [-0.1, -0.05) is 19.8 Å². The highest BCUT2D eigenvalue weighted by atomic mass is 19.2. The van der Waals surface area contributed by atoms with E-state index in [1.807, 2.05) is 0 Å². The fourth-order valence-corrected chi connectivity index (χ4v) is 5.42. The topological polar surface area (TPSA) is 0 Å². The third-order valence-corrected chi connectivity index (χ3v) is 7.00. The lowest BCUT2D eigenvalue weighted by atomic mass is 9.76. The maximum Gasteiger partial charge on any atom is 0.159 e. The lowest BCUT2D eigenvalue weighted by Gasteiger charge is -2.30. The quantitative estimate of drug-likeness (QED) is 0.461. The van der Waals surface area contributed by atoms with Gasteiger partial charge in [0.05, 0.1) is 0 Å². The third kappa shape index (κ3) is 4.22. The molecule has 0 heterocycles. The van der Waals surface area contributed by atoms with Gasteiger partial charge < -0.3 is 0 Å². The van der Waals surface area contributed by atoms with E-state index in [1.165, 1.54) is 37.1 Å². The van der Waals surface area contributed by atoms with Gasteiger partial charge in [0.25, 0.3) is 0 Å². The van der Waals surface area contributed by atoms with E-state index in [1.54, 1.807) is 0 Å². The van der Waals surface area contributed by atoms with E-state index in [9.17, 15) is 17.6 Å². The van der Waals surface area contributed by atoms with Crippen LogP contribution in [0.4, 0.5) is 17.6 Å².